The van der Waals surface area contributed by atoms with Crippen LogP contribution in [0.4, 0.5) is 10.5 Å². The van der Waals surface area contributed by atoms with Crippen LogP contribution in [0.15, 0.2) is 48.5 Å². The van der Waals surface area contributed by atoms with E-state index < -0.39 is 0 Å². The van der Waals surface area contributed by atoms with Crippen molar-refractivity contribution in [1.82, 2.24) is 25.5 Å². The van der Waals surface area contributed by atoms with E-state index in [2.05, 4.69) is 26.2 Å². The van der Waals surface area contributed by atoms with E-state index in [1.165, 1.54) is 0 Å². The van der Waals surface area contributed by atoms with Gasteiger partial charge < -0.3 is 10.6 Å². The molecule has 4 rings (SSSR count). The molecule has 7 nitrogen and oxygen atoms in total. The Kier molecular flexibility index (Phi) is 4.53. The predicted octanol–water partition coefficient (Wildman–Crippen LogP) is 3.65. The molecule has 8 heteroatoms. The highest BCUT2D eigenvalue weighted by atomic mass is 35.5. The summed E-state index contributed by atoms with van der Waals surface area (Å²) in [4.78, 5) is 12.0. The van der Waals surface area contributed by atoms with Gasteiger partial charge in [-0.1, -0.05) is 23.7 Å². The molecular weight excluding hydrogens is 352 g/mol. The van der Waals surface area contributed by atoms with Crippen molar-refractivity contribution in [3.05, 3.63) is 59.1 Å². The van der Waals surface area contributed by atoms with Crippen LogP contribution in [0.1, 0.15) is 24.4 Å². The summed E-state index contributed by atoms with van der Waals surface area (Å²) in [5.41, 5.74) is 2.56. The summed E-state index contributed by atoms with van der Waals surface area (Å²) in [6.45, 7) is 0.403. The maximum atomic E-state index is 12.0. The Morgan fingerprint density at radius 1 is 1.19 bits per heavy atom. The fourth-order valence-electron chi connectivity index (χ4n) is 2.66. The second kappa shape index (κ2) is 7.13. The summed E-state index contributed by atoms with van der Waals surface area (Å²) in [5, 5.41) is 18.2. The van der Waals surface area contributed by atoms with Crippen molar-refractivity contribution in [3.8, 4) is 11.4 Å². The average Bonchev–Trinajstić information content (AvgIpc) is 3.38. The number of amides is 2. The average molecular weight is 369 g/mol. The zero-order valence-electron chi connectivity index (χ0n) is 13.9. The number of halogens is 1. The van der Waals surface area contributed by atoms with Crippen molar-refractivity contribution < 1.29 is 4.79 Å². The molecule has 1 fully saturated rings. The highest BCUT2D eigenvalue weighted by Gasteiger charge is 2.28. The summed E-state index contributed by atoms with van der Waals surface area (Å²) in [7, 11) is 0. The zero-order valence-corrected chi connectivity index (χ0v) is 14.6. The van der Waals surface area contributed by atoms with E-state index in [1.807, 2.05) is 47.1 Å². The molecule has 2 aromatic carbocycles. The maximum absolute atomic E-state index is 12.0. The third kappa shape index (κ3) is 3.83. The number of nitrogens with zero attached hydrogens (tertiary/aromatic N) is 4. The number of anilines is 1. The molecule has 1 aliphatic rings. The molecule has 1 saturated carbocycles. The van der Waals surface area contributed by atoms with Crippen LogP contribution in [-0.4, -0.2) is 26.2 Å². The van der Waals surface area contributed by atoms with Gasteiger partial charge in [0.2, 0.25) is 0 Å². The van der Waals surface area contributed by atoms with Gasteiger partial charge in [0.1, 0.15) is 0 Å². The number of nitrogens with one attached hydrogen (secondary N) is 2. The van der Waals surface area contributed by atoms with Crippen LogP contribution in [0.25, 0.3) is 11.4 Å². The van der Waals surface area contributed by atoms with Gasteiger partial charge in [0, 0.05) is 22.8 Å². The normalized spacial score (nSPS) is 13.4. The second-order valence-electron chi connectivity index (χ2n) is 6.19. The van der Waals surface area contributed by atoms with Crippen LogP contribution in [0, 0.1) is 0 Å². The molecule has 1 aliphatic carbocycles. The largest absolute Gasteiger partial charge is 0.334 e. The Labute approximate surface area is 155 Å². The lowest BCUT2D eigenvalue weighted by Gasteiger charge is -2.09. The highest BCUT2D eigenvalue weighted by molar-refractivity contribution is 6.30. The lowest BCUT2D eigenvalue weighted by Crippen LogP contribution is -2.28. The SMILES string of the molecule is O=C(NCc1cccc(Cl)c1)Nc1ccc(-c2nnnn2C2CC2)cc1. The van der Waals surface area contributed by atoms with Crippen molar-refractivity contribution in [3.63, 3.8) is 0 Å². The standard InChI is InChI=1S/C18H17ClN6O/c19-14-3-1-2-12(10-14)11-20-18(26)21-15-6-4-13(5-7-15)17-22-23-24-25(17)16-8-9-16/h1-7,10,16H,8-9,11H2,(H2,20,21,26). The van der Waals surface area contributed by atoms with E-state index in [9.17, 15) is 4.79 Å². The fourth-order valence-corrected chi connectivity index (χ4v) is 2.87. The van der Waals surface area contributed by atoms with E-state index in [0.29, 0.717) is 23.3 Å². The van der Waals surface area contributed by atoms with Crippen molar-refractivity contribution in [2.75, 3.05) is 5.32 Å². The van der Waals surface area contributed by atoms with Gasteiger partial charge in [-0.05, 0) is 65.2 Å². The molecule has 0 saturated heterocycles. The van der Waals surface area contributed by atoms with Crippen LogP contribution in [-0.2, 0) is 6.54 Å². The number of carbonyl (C=O) groups is 1. The summed E-state index contributed by atoms with van der Waals surface area (Å²) >= 11 is 5.94. The quantitative estimate of drug-likeness (QED) is 0.719. The molecule has 0 radical (unpaired) electrons. The number of benzene rings is 2. The van der Waals surface area contributed by atoms with Gasteiger partial charge in [-0.3, -0.25) is 0 Å². The van der Waals surface area contributed by atoms with Gasteiger partial charge in [0.05, 0.1) is 6.04 Å². The molecule has 0 atom stereocenters. The Morgan fingerprint density at radius 3 is 2.73 bits per heavy atom. The van der Waals surface area contributed by atoms with Gasteiger partial charge in [0.25, 0.3) is 0 Å². The van der Waals surface area contributed by atoms with Crippen LogP contribution in [0.3, 0.4) is 0 Å². The Morgan fingerprint density at radius 2 is 2.00 bits per heavy atom. The van der Waals surface area contributed by atoms with Crippen LogP contribution >= 0.6 is 11.6 Å². The molecule has 3 aromatic rings. The maximum Gasteiger partial charge on any atom is 0.319 e. The summed E-state index contributed by atoms with van der Waals surface area (Å²) in [5.74, 6) is 0.754. The van der Waals surface area contributed by atoms with E-state index in [4.69, 9.17) is 11.6 Å². The van der Waals surface area contributed by atoms with E-state index in [0.717, 1.165) is 29.8 Å². The van der Waals surface area contributed by atoms with Crippen molar-refractivity contribution in [2.45, 2.75) is 25.4 Å². The van der Waals surface area contributed by atoms with Gasteiger partial charge in [0.15, 0.2) is 5.82 Å². The fraction of sp³-hybridized carbons (Fsp3) is 0.222. The van der Waals surface area contributed by atoms with Gasteiger partial charge in [-0.2, -0.15) is 0 Å². The number of hydrogen-bond acceptors (Lipinski definition) is 4. The van der Waals surface area contributed by atoms with Crippen LogP contribution < -0.4 is 10.6 Å². The number of carbonyl (C=O) groups excluding carboxylic acids is 1. The molecule has 132 valence electrons. The highest BCUT2D eigenvalue weighted by Crippen LogP contribution is 2.36. The van der Waals surface area contributed by atoms with Gasteiger partial charge >= 0.3 is 6.03 Å². The van der Waals surface area contributed by atoms with Crippen molar-refractivity contribution >= 4 is 23.3 Å². The molecule has 2 amide bonds. The summed E-state index contributed by atoms with van der Waals surface area (Å²) < 4.78 is 1.86. The van der Waals surface area contributed by atoms with Gasteiger partial charge in [-0.25, -0.2) is 9.48 Å². The number of urea groups is 1. The monoisotopic (exact) mass is 368 g/mol. The molecule has 0 spiro atoms. The summed E-state index contributed by atoms with van der Waals surface area (Å²) in [6, 6.07) is 15.0. The van der Waals surface area contributed by atoms with Crippen molar-refractivity contribution in [1.29, 1.82) is 0 Å². The first-order valence-corrected chi connectivity index (χ1v) is 8.74. The third-order valence-corrected chi connectivity index (χ3v) is 4.36. The number of rotatable bonds is 5. The van der Waals surface area contributed by atoms with E-state index in [1.54, 1.807) is 6.07 Å². The molecule has 0 aliphatic heterocycles. The van der Waals surface area contributed by atoms with E-state index in [-0.39, 0.29) is 6.03 Å². The predicted molar refractivity (Wildman–Crippen MR) is 98.8 cm³/mol. The van der Waals surface area contributed by atoms with E-state index >= 15 is 0 Å². The first-order valence-electron chi connectivity index (χ1n) is 8.36. The molecule has 2 N–H and O–H groups in total. The number of hydrogen-bond donors (Lipinski definition) is 2. The molecular formula is C18H17ClN6O. The molecule has 1 aromatic heterocycles. The molecule has 1 heterocycles. The lowest BCUT2D eigenvalue weighted by molar-refractivity contribution is 0.251. The van der Waals surface area contributed by atoms with Crippen molar-refractivity contribution in [2.24, 2.45) is 0 Å². The minimum atomic E-state index is -0.277. The Hall–Kier alpha value is -2.93. The van der Waals surface area contributed by atoms with Crippen LogP contribution in [0.2, 0.25) is 5.02 Å². The third-order valence-electron chi connectivity index (χ3n) is 4.13. The lowest BCUT2D eigenvalue weighted by atomic mass is 10.2. The smallest absolute Gasteiger partial charge is 0.319 e. The second-order valence-corrected chi connectivity index (χ2v) is 6.63. The molecule has 0 bridgehead atoms. The first kappa shape index (κ1) is 16.5. The molecule has 26 heavy (non-hydrogen) atoms. The summed E-state index contributed by atoms with van der Waals surface area (Å²) in [6.07, 6.45) is 2.23. The number of tetrazole rings is 1. The number of aromatic nitrogens is 4. The van der Waals surface area contributed by atoms with Gasteiger partial charge in [-0.15, -0.1) is 5.10 Å². The molecule has 0 unspecified atom stereocenters. The topological polar surface area (TPSA) is 84.7 Å². The first-order chi connectivity index (χ1) is 12.7. The Bertz CT molecular complexity index is 919. The Balaban J connectivity index is 1.36. The minimum Gasteiger partial charge on any atom is -0.334 e. The van der Waals surface area contributed by atoms with Crippen LogP contribution in [0.5, 0.6) is 0 Å². The zero-order chi connectivity index (χ0) is 17.9. The minimum absolute atomic E-state index is 0.277.